The summed E-state index contributed by atoms with van der Waals surface area (Å²) < 4.78 is 0. The van der Waals surface area contributed by atoms with Gasteiger partial charge < -0.3 is 10.6 Å². The van der Waals surface area contributed by atoms with Crippen molar-refractivity contribution in [2.75, 3.05) is 10.6 Å². The summed E-state index contributed by atoms with van der Waals surface area (Å²) in [4.78, 5) is 12.3. The number of benzene rings is 2. The number of aryl methyl sites for hydroxylation is 1. The van der Waals surface area contributed by atoms with E-state index in [2.05, 4.69) is 10.6 Å². The maximum absolute atomic E-state index is 12.3. The van der Waals surface area contributed by atoms with E-state index in [1.807, 2.05) is 68.4 Å². The lowest BCUT2D eigenvalue weighted by molar-refractivity contribution is -0.116. The van der Waals surface area contributed by atoms with Crippen LogP contribution in [0.25, 0.3) is 0 Å². The molecule has 0 fully saturated rings. The second-order valence-corrected chi connectivity index (χ2v) is 4.78. The van der Waals surface area contributed by atoms with Crippen LogP contribution in [0.3, 0.4) is 0 Å². The Labute approximate surface area is 120 Å². The highest BCUT2D eigenvalue weighted by Crippen LogP contribution is 2.16. The standard InChI is InChI=1S/C17H20N2O/c1-3-15(19-16-12-8-7-9-13(16)2)17(20)18-14-10-5-4-6-11-14/h4-12,15,19H,3H2,1-2H3,(H,18,20)/t15-/m0/s1. The smallest absolute Gasteiger partial charge is 0.246 e. The van der Waals surface area contributed by atoms with E-state index in [1.54, 1.807) is 0 Å². The normalized spacial score (nSPS) is 11.7. The van der Waals surface area contributed by atoms with E-state index in [-0.39, 0.29) is 11.9 Å². The van der Waals surface area contributed by atoms with Crippen molar-refractivity contribution >= 4 is 17.3 Å². The quantitative estimate of drug-likeness (QED) is 0.865. The Morgan fingerprint density at radius 2 is 1.70 bits per heavy atom. The van der Waals surface area contributed by atoms with Gasteiger partial charge in [0.2, 0.25) is 5.91 Å². The zero-order chi connectivity index (χ0) is 14.4. The highest BCUT2D eigenvalue weighted by molar-refractivity contribution is 5.96. The maximum atomic E-state index is 12.3. The number of nitrogens with one attached hydrogen (secondary N) is 2. The van der Waals surface area contributed by atoms with Gasteiger partial charge >= 0.3 is 0 Å². The van der Waals surface area contributed by atoms with Gasteiger partial charge in [-0.2, -0.15) is 0 Å². The topological polar surface area (TPSA) is 41.1 Å². The lowest BCUT2D eigenvalue weighted by Gasteiger charge is -2.19. The molecule has 2 rings (SSSR count). The Morgan fingerprint density at radius 3 is 2.35 bits per heavy atom. The van der Waals surface area contributed by atoms with E-state index in [9.17, 15) is 4.79 Å². The molecule has 0 bridgehead atoms. The fraction of sp³-hybridized carbons (Fsp3) is 0.235. The highest BCUT2D eigenvalue weighted by atomic mass is 16.2. The zero-order valence-corrected chi connectivity index (χ0v) is 11.9. The molecule has 3 nitrogen and oxygen atoms in total. The highest BCUT2D eigenvalue weighted by Gasteiger charge is 2.16. The van der Waals surface area contributed by atoms with Gasteiger partial charge in [-0.25, -0.2) is 0 Å². The zero-order valence-electron chi connectivity index (χ0n) is 11.9. The Morgan fingerprint density at radius 1 is 1.05 bits per heavy atom. The Balaban J connectivity index is 2.05. The molecule has 2 aromatic rings. The van der Waals surface area contributed by atoms with Gasteiger partial charge in [-0.1, -0.05) is 43.3 Å². The van der Waals surface area contributed by atoms with E-state index in [1.165, 1.54) is 0 Å². The average Bonchev–Trinajstić information content (AvgIpc) is 2.47. The number of carbonyl (C=O) groups excluding carboxylic acids is 1. The average molecular weight is 268 g/mol. The summed E-state index contributed by atoms with van der Waals surface area (Å²) in [6, 6.07) is 17.3. The van der Waals surface area contributed by atoms with Crippen molar-refractivity contribution in [1.29, 1.82) is 0 Å². The van der Waals surface area contributed by atoms with E-state index < -0.39 is 0 Å². The van der Waals surface area contributed by atoms with Crippen molar-refractivity contribution in [1.82, 2.24) is 0 Å². The van der Waals surface area contributed by atoms with Crippen LogP contribution in [0, 0.1) is 6.92 Å². The first kappa shape index (κ1) is 14.1. The molecule has 0 spiro atoms. The van der Waals surface area contributed by atoms with Gasteiger partial charge in [0.15, 0.2) is 0 Å². The first-order valence-corrected chi connectivity index (χ1v) is 6.88. The molecule has 0 aliphatic carbocycles. The van der Waals surface area contributed by atoms with Crippen molar-refractivity contribution < 1.29 is 4.79 Å². The summed E-state index contributed by atoms with van der Waals surface area (Å²) in [5.41, 5.74) is 2.96. The van der Waals surface area contributed by atoms with Crippen LogP contribution in [0.5, 0.6) is 0 Å². The summed E-state index contributed by atoms with van der Waals surface area (Å²) >= 11 is 0. The molecule has 2 aromatic carbocycles. The Hall–Kier alpha value is -2.29. The molecular weight excluding hydrogens is 248 g/mol. The fourth-order valence-corrected chi connectivity index (χ4v) is 2.03. The van der Waals surface area contributed by atoms with Crippen LogP contribution >= 0.6 is 0 Å². The summed E-state index contributed by atoms with van der Waals surface area (Å²) in [5.74, 6) is -0.0121. The molecule has 1 atom stereocenters. The van der Waals surface area contributed by atoms with Gasteiger partial charge in [-0.3, -0.25) is 4.79 Å². The Bertz CT molecular complexity index is 566. The van der Waals surface area contributed by atoms with Crippen molar-refractivity contribution in [3.05, 3.63) is 60.2 Å². The van der Waals surface area contributed by atoms with Crippen LogP contribution in [-0.2, 0) is 4.79 Å². The van der Waals surface area contributed by atoms with Gasteiger partial charge in [0.05, 0.1) is 0 Å². The van der Waals surface area contributed by atoms with Gasteiger partial charge in [0.25, 0.3) is 0 Å². The largest absolute Gasteiger partial charge is 0.373 e. The van der Waals surface area contributed by atoms with Crippen LogP contribution < -0.4 is 10.6 Å². The number of rotatable bonds is 5. The van der Waals surface area contributed by atoms with Crippen LogP contribution in [0.15, 0.2) is 54.6 Å². The minimum absolute atomic E-state index is 0.0121. The molecule has 0 saturated heterocycles. The molecule has 0 unspecified atom stereocenters. The molecule has 0 aliphatic rings. The summed E-state index contributed by atoms with van der Waals surface area (Å²) in [7, 11) is 0. The van der Waals surface area contributed by atoms with Crippen molar-refractivity contribution in [3.63, 3.8) is 0 Å². The molecule has 0 saturated carbocycles. The predicted octanol–water partition coefficient (Wildman–Crippen LogP) is 3.82. The molecule has 0 heterocycles. The molecule has 1 amide bonds. The lowest BCUT2D eigenvalue weighted by atomic mass is 10.1. The molecule has 20 heavy (non-hydrogen) atoms. The monoisotopic (exact) mass is 268 g/mol. The van der Waals surface area contributed by atoms with E-state index in [0.717, 1.165) is 23.4 Å². The summed E-state index contributed by atoms with van der Waals surface area (Å²) in [6.07, 6.45) is 0.729. The van der Waals surface area contributed by atoms with E-state index >= 15 is 0 Å². The summed E-state index contributed by atoms with van der Waals surface area (Å²) in [5, 5.41) is 6.24. The number of para-hydroxylation sites is 2. The molecule has 104 valence electrons. The van der Waals surface area contributed by atoms with E-state index in [4.69, 9.17) is 0 Å². The molecule has 2 N–H and O–H groups in total. The number of amides is 1. The minimum Gasteiger partial charge on any atom is -0.373 e. The third-order valence-corrected chi connectivity index (χ3v) is 3.24. The predicted molar refractivity (Wildman–Crippen MR) is 84.0 cm³/mol. The van der Waals surface area contributed by atoms with E-state index in [0.29, 0.717) is 0 Å². The second-order valence-electron chi connectivity index (χ2n) is 4.78. The van der Waals surface area contributed by atoms with Crippen molar-refractivity contribution in [3.8, 4) is 0 Å². The van der Waals surface area contributed by atoms with Crippen LogP contribution in [0.2, 0.25) is 0 Å². The third kappa shape index (κ3) is 3.60. The number of hydrogen-bond donors (Lipinski definition) is 2. The summed E-state index contributed by atoms with van der Waals surface area (Å²) in [6.45, 7) is 4.03. The minimum atomic E-state index is -0.240. The van der Waals surface area contributed by atoms with Gasteiger partial charge in [0.1, 0.15) is 6.04 Å². The van der Waals surface area contributed by atoms with Crippen LogP contribution in [0.1, 0.15) is 18.9 Å². The van der Waals surface area contributed by atoms with Crippen molar-refractivity contribution in [2.24, 2.45) is 0 Å². The van der Waals surface area contributed by atoms with Crippen LogP contribution in [0.4, 0.5) is 11.4 Å². The molecular formula is C17H20N2O. The van der Waals surface area contributed by atoms with Gasteiger partial charge in [-0.05, 0) is 37.1 Å². The van der Waals surface area contributed by atoms with Crippen LogP contribution in [-0.4, -0.2) is 11.9 Å². The fourth-order valence-electron chi connectivity index (χ4n) is 2.03. The molecule has 0 aromatic heterocycles. The third-order valence-electron chi connectivity index (χ3n) is 3.24. The van der Waals surface area contributed by atoms with Crippen molar-refractivity contribution in [2.45, 2.75) is 26.3 Å². The molecule has 3 heteroatoms. The number of hydrogen-bond acceptors (Lipinski definition) is 2. The van der Waals surface area contributed by atoms with Gasteiger partial charge in [0, 0.05) is 11.4 Å². The van der Waals surface area contributed by atoms with Gasteiger partial charge in [-0.15, -0.1) is 0 Å². The Kier molecular flexibility index (Phi) is 4.77. The number of anilines is 2. The first-order chi connectivity index (χ1) is 9.70. The lowest BCUT2D eigenvalue weighted by Crippen LogP contribution is -2.34. The molecule has 0 radical (unpaired) electrons. The maximum Gasteiger partial charge on any atom is 0.246 e. The number of carbonyl (C=O) groups is 1. The molecule has 0 aliphatic heterocycles. The second kappa shape index (κ2) is 6.75. The first-order valence-electron chi connectivity index (χ1n) is 6.88. The SMILES string of the molecule is CC[C@H](Nc1ccccc1C)C(=O)Nc1ccccc1.